The molecule has 2 aromatic rings. The molecule has 0 spiro atoms. The maximum absolute atomic E-state index is 12.2. The van der Waals surface area contributed by atoms with E-state index in [1.807, 2.05) is 0 Å². The number of hydrogen-bond acceptors (Lipinski definition) is 4. The van der Waals surface area contributed by atoms with Crippen molar-refractivity contribution in [2.24, 2.45) is 0 Å². The maximum atomic E-state index is 12.2. The Morgan fingerprint density at radius 3 is 2.29 bits per heavy atom. The summed E-state index contributed by atoms with van der Waals surface area (Å²) < 4.78 is 23.1. The minimum atomic E-state index is -3.36. The molecule has 2 rings (SSSR count). The van der Waals surface area contributed by atoms with Crippen LogP contribution in [0.1, 0.15) is 17.3 Å². The fraction of sp³-hybridized carbons (Fsp3) is 0.176. The van der Waals surface area contributed by atoms with E-state index in [9.17, 15) is 18.0 Å². The molecule has 0 aliphatic rings. The summed E-state index contributed by atoms with van der Waals surface area (Å²) in [4.78, 5) is 24.3. The van der Waals surface area contributed by atoms with Crippen LogP contribution in [0.15, 0.2) is 59.5 Å². The highest BCUT2D eigenvalue weighted by atomic mass is 32.2. The summed E-state index contributed by atoms with van der Waals surface area (Å²) in [5, 5.41) is 5.18. The van der Waals surface area contributed by atoms with Crippen LogP contribution in [0.2, 0.25) is 0 Å². The third kappa shape index (κ3) is 4.66. The molecule has 1 atom stereocenters. The number of carbonyl (C=O) groups excluding carboxylic acids is 2. The van der Waals surface area contributed by atoms with Gasteiger partial charge in [-0.15, -0.1) is 0 Å². The van der Waals surface area contributed by atoms with E-state index < -0.39 is 21.8 Å². The lowest BCUT2D eigenvalue weighted by molar-refractivity contribution is -0.117. The fourth-order valence-corrected chi connectivity index (χ4v) is 2.66. The molecule has 2 amide bonds. The lowest BCUT2D eigenvalue weighted by Gasteiger charge is -2.14. The highest BCUT2D eigenvalue weighted by molar-refractivity contribution is 7.90. The number of anilines is 1. The molecule has 7 heteroatoms. The Morgan fingerprint density at radius 2 is 1.67 bits per heavy atom. The second-order valence-electron chi connectivity index (χ2n) is 5.35. The van der Waals surface area contributed by atoms with Gasteiger partial charge in [-0.25, -0.2) is 8.42 Å². The number of carbonyl (C=O) groups is 2. The molecule has 24 heavy (non-hydrogen) atoms. The van der Waals surface area contributed by atoms with Crippen LogP contribution in [0.4, 0.5) is 5.69 Å². The van der Waals surface area contributed by atoms with E-state index in [1.54, 1.807) is 49.4 Å². The first-order valence-electron chi connectivity index (χ1n) is 7.24. The van der Waals surface area contributed by atoms with Gasteiger partial charge in [-0.05, 0) is 37.3 Å². The number of sulfone groups is 1. The molecule has 0 aromatic heterocycles. The van der Waals surface area contributed by atoms with Gasteiger partial charge in [0.05, 0.1) is 4.90 Å². The molecule has 0 aliphatic heterocycles. The van der Waals surface area contributed by atoms with Crippen LogP contribution in [0.3, 0.4) is 0 Å². The monoisotopic (exact) mass is 346 g/mol. The lowest BCUT2D eigenvalue weighted by Crippen LogP contribution is -2.41. The zero-order valence-electron chi connectivity index (χ0n) is 13.3. The molecule has 2 N–H and O–H groups in total. The van der Waals surface area contributed by atoms with Crippen LogP contribution in [-0.4, -0.2) is 32.5 Å². The van der Waals surface area contributed by atoms with Crippen LogP contribution in [-0.2, 0) is 14.6 Å². The van der Waals surface area contributed by atoms with Gasteiger partial charge in [0.15, 0.2) is 9.84 Å². The Morgan fingerprint density at radius 1 is 1.00 bits per heavy atom. The standard InChI is InChI=1S/C17H18N2O4S/c1-12(18-17(21)13-7-4-3-5-8-13)16(20)19-14-9-6-10-15(11-14)24(2,22)23/h3-12H,1-2H3,(H,18,21)(H,19,20). The minimum Gasteiger partial charge on any atom is -0.341 e. The fourth-order valence-electron chi connectivity index (χ4n) is 1.99. The van der Waals surface area contributed by atoms with Crippen molar-refractivity contribution in [1.29, 1.82) is 0 Å². The summed E-state index contributed by atoms with van der Waals surface area (Å²) in [7, 11) is -3.36. The van der Waals surface area contributed by atoms with E-state index in [-0.39, 0.29) is 10.8 Å². The predicted molar refractivity (Wildman–Crippen MR) is 91.6 cm³/mol. The molecule has 0 saturated carbocycles. The number of amides is 2. The Balaban J connectivity index is 2.03. The van der Waals surface area contributed by atoms with Crippen molar-refractivity contribution < 1.29 is 18.0 Å². The van der Waals surface area contributed by atoms with Crippen molar-refractivity contribution in [3.63, 3.8) is 0 Å². The van der Waals surface area contributed by atoms with Crippen LogP contribution in [0.25, 0.3) is 0 Å². The quantitative estimate of drug-likeness (QED) is 0.864. The van der Waals surface area contributed by atoms with Crippen molar-refractivity contribution in [2.75, 3.05) is 11.6 Å². The minimum absolute atomic E-state index is 0.112. The molecule has 1 unspecified atom stereocenters. The Kier molecular flexibility index (Phi) is 5.35. The van der Waals surface area contributed by atoms with Crippen molar-refractivity contribution in [3.05, 3.63) is 60.2 Å². The third-order valence-corrected chi connectivity index (χ3v) is 4.42. The molecular formula is C17H18N2O4S. The first-order chi connectivity index (χ1) is 11.3. The molecule has 0 aliphatic carbocycles. The molecule has 2 aromatic carbocycles. The Labute approximate surface area is 140 Å². The first-order valence-corrected chi connectivity index (χ1v) is 9.13. The second kappa shape index (κ2) is 7.27. The smallest absolute Gasteiger partial charge is 0.251 e. The molecule has 0 saturated heterocycles. The topological polar surface area (TPSA) is 92.3 Å². The van der Waals surface area contributed by atoms with E-state index in [2.05, 4.69) is 10.6 Å². The zero-order chi connectivity index (χ0) is 17.7. The second-order valence-corrected chi connectivity index (χ2v) is 7.37. The number of hydrogen-bond donors (Lipinski definition) is 2. The average molecular weight is 346 g/mol. The van der Waals surface area contributed by atoms with Crippen LogP contribution in [0.5, 0.6) is 0 Å². The van der Waals surface area contributed by atoms with Gasteiger partial charge in [-0.1, -0.05) is 24.3 Å². The van der Waals surface area contributed by atoms with E-state index in [0.29, 0.717) is 11.3 Å². The van der Waals surface area contributed by atoms with E-state index in [4.69, 9.17) is 0 Å². The molecule has 126 valence electrons. The van der Waals surface area contributed by atoms with Gasteiger partial charge < -0.3 is 10.6 Å². The van der Waals surface area contributed by atoms with Gasteiger partial charge in [-0.2, -0.15) is 0 Å². The SMILES string of the molecule is CC(NC(=O)c1ccccc1)C(=O)Nc1cccc(S(C)(=O)=O)c1. The van der Waals surface area contributed by atoms with Crippen LogP contribution < -0.4 is 10.6 Å². The summed E-state index contributed by atoms with van der Waals surface area (Å²) in [5.74, 6) is -0.798. The predicted octanol–water partition coefficient (Wildman–Crippen LogP) is 1.85. The van der Waals surface area contributed by atoms with Gasteiger partial charge in [0.2, 0.25) is 5.91 Å². The lowest BCUT2D eigenvalue weighted by atomic mass is 10.2. The molecule has 0 heterocycles. The van der Waals surface area contributed by atoms with Crippen molar-refractivity contribution in [3.8, 4) is 0 Å². The first kappa shape index (κ1) is 17.7. The number of benzene rings is 2. The van der Waals surface area contributed by atoms with Gasteiger partial charge in [0, 0.05) is 17.5 Å². The largest absolute Gasteiger partial charge is 0.341 e. The van der Waals surface area contributed by atoms with Crippen molar-refractivity contribution in [2.45, 2.75) is 17.9 Å². The number of rotatable bonds is 5. The Hall–Kier alpha value is -2.67. The van der Waals surface area contributed by atoms with Gasteiger partial charge in [0.1, 0.15) is 6.04 Å². The van der Waals surface area contributed by atoms with Crippen LogP contribution in [0, 0.1) is 0 Å². The van der Waals surface area contributed by atoms with Crippen LogP contribution >= 0.6 is 0 Å². The summed E-state index contributed by atoms with van der Waals surface area (Å²) in [6.07, 6.45) is 1.09. The molecule has 0 bridgehead atoms. The van der Waals surface area contributed by atoms with Crippen molar-refractivity contribution in [1.82, 2.24) is 5.32 Å². The molecule has 0 radical (unpaired) electrons. The average Bonchev–Trinajstić information content (AvgIpc) is 2.55. The normalized spacial score (nSPS) is 12.2. The number of nitrogens with one attached hydrogen (secondary N) is 2. The summed E-state index contributed by atoms with van der Waals surface area (Å²) in [5.41, 5.74) is 0.806. The van der Waals surface area contributed by atoms with E-state index in [0.717, 1.165) is 6.26 Å². The summed E-state index contributed by atoms with van der Waals surface area (Å²) in [6.45, 7) is 1.55. The highest BCUT2D eigenvalue weighted by Crippen LogP contribution is 2.15. The summed E-state index contributed by atoms with van der Waals surface area (Å²) >= 11 is 0. The van der Waals surface area contributed by atoms with Gasteiger partial charge in [0.25, 0.3) is 5.91 Å². The summed E-state index contributed by atoms with van der Waals surface area (Å²) in [6, 6.07) is 13.7. The molecule has 6 nitrogen and oxygen atoms in total. The van der Waals surface area contributed by atoms with Gasteiger partial charge >= 0.3 is 0 Å². The maximum Gasteiger partial charge on any atom is 0.251 e. The van der Waals surface area contributed by atoms with E-state index in [1.165, 1.54) is 12.1 Å². The Bertz CT molecular complexity index is 848. The molecule has 0 fully saturated rings. The highest BCUT2D eigenvalue weighted by Gasteiger charge is 2.17. The van der Waals surface area contributed by atoms with E-state index >= 15 is 0 Å². The zero-order valence-corrected chi connectivity index (χ0v) is 14.1. The van der Waals surface area contributed by atoms with Gasteiger partial charge in [-0.3, -0.25) is 9.59 Å². The molecular weight excluding hydrogens is 328 g/mol. The van der Waals surface area contributed by atoms with Crippen molar-refractivity contribution >= 4 is 27.3 Å². The third-order valence-electron chi connectivity index (χ3n) is 3.31.